The van der Waals surface area contributed by atoms with E-state index in [1.807, 2.05) is 24.3 Å². The number of primary amides is 1. The van der Waals surface area contributed by atoms with Gasteiger partial charge in [-0.05, 0) is 43.4 Å². The number of likely N-dealkylation sites (tertiary alicyclic amines) is 1. The summed E-state index contributed by atoms with van der Waals surface area (Å²) < 4.78 is 5.99. The van der Waals surface area contributed by atoms with Crippen molar-refractivity contribution in [2.75, 3.05) is 6.54 Å². The number of amides is 2. The number of carbonyl (C=O) groups is 2. The van der Waals surface area contributed by atoms with Gasteiger partial charge >= 0.3 is 0 Å². The maximum absolute atomic E-state index is 11.9. The lowest BCUT2D eigenvalue weighted by atomic mass is 10.1. The first-order chi connectivity index (χ1) is 10.6. The molecular formula is C17H22N2O3. The Kier molecular flexibility index (Phi) is 4.32. The third kappa shape index (κ3) is 3.40. The Balaban J connectivity index is 1.62. The van der Waals surface area contributed by atoms with Crippen LogP contribution in [-0.4, -0.2) is 29.4 Å². The van der Waals surface area contributed by atoms with Crippen molar-refractivity contribution in [3.05, 3.63) is 29.8 Å². The molecule has 118 valence electrons. The molecule has 2 aliphatic rings. The first-order valence-electron chi connectivity index (χ1n) is 7.94. The second-order valence-electron chi connectivity index (χ2n) is 6.25. The molecule has 1 aromatic rings. The molecule has 1 heterocycles. The van der Waals surface area contributed by atoms with Gasteiger partial charge in [-0.1, -0.05) is 12.1 Å². The van der Waals surface area contributed by atoms with Crippen LogP contribution >= 0.6 is 0 Å². The first kappa shape index (κ1) is 14.9. The summed E-state index contributed by atoms with van der Waals surface area (Å²) in [7, 11) is 0. The fourth-order valence-corrected chi connectivity index (χ4v) is 3.25. The van der Waals surface area contributed by atoms with Gasteiger partial charge in [0.25, 0.3) is 0 Å². The monoisotopic (exact) mass is 302 g/mol. The van der Waals surface area contributed by atoms with E-state index in [0.29, 0.717) is 19.2 Å². The van der Waals surface area contributed by atoms with Crippen molar-refractivity contribution < 1.29 is 14.3 Å². The third-order valence-corrected chi connectivity index (χ3v) is 4.49. The minimum atomic E-state index is -0.394. The van der Waals surface area contributed by atoms with E-state index >= 15 is 0 Å². The molecule has 2 amide bonds. The number of ether oxygens (including phenoxy) is 1. The van der Waals surface area contributed by atoms with Crippen LogP contribution in [0.3, 0.4) is 0 Å². The molecule has 0 bridgehead atoms. The minimum absolute atomic E-state index is 0.00841. The van der Waals surface area contributed by atoms with Gasteiger partial charge < -0.3 is 15.4 Å². The molecule has 2 fully saturated rings. The predicted molar refractivity (Wildman–Crippen MR) is 82.0 cm³/mol. The Morgan fingerprint density at radius 2 is 2.09 bits per heavy atom. The molecule has 1 aliphatic carbocycles. The second kappa shape index (κ2) is 6.38. The topological polar surface area (TPSA) is 72.6 Å². The summed E-state index contributed by atoms with van der Waals surface area (Å²) in [5, 5.41) is 0. The largest absolute Gasteiger partial charge is 0.490 e. The highest BCUT2D eigenvalue weighted by atomic mass is 16.5. The van der Waals surface area contributed by atoms with E-state index in [1.54, 1.807) is 4.90 Å². The summed E-state index contributed by atoms with van der Waals surface area (Å²) in [5.74, 6) is 0.105. The molecule has 22 heavy (non-hydrogen) atoms. The molecule has 1 atom stereocenters. The van der Waals surface area contributed by atoms with Gasteiger partial charge in [0.05, 0.1) is 12.0 Å². The molecule has 5 heteroatoms. The highest BCUT2D eigenvalue weighted by Gasteiger charge is 2.32. The Morgan fingerprint density at radius 3 is 2.77 bits per heavy atom. The molecule has 0 spiro atoms. The van der Waals surface area contributed by atoms with E-state index in [2.05, 4.69) is 0 Å². The van der Waals surface area contributed by atoms with Gasteiger partial charge in [0.15, 0.2) is 0 Å². The zero-order chi connectivity index (χ0) is 15.5. The fraction of sp³-hybridized carbons (Fsp3) is 0.529. The maximum Gasteiger partial charge on any atom is 0.223 e. The molecule has 3 rings (SSSR count). The molecule has 1 saturated heterocycles. The van der Waals surface area contributed by atoms with E-state index < -0.39 is 5.91 Å². The SMILES string of the molecule is NC(=O)C1CC(=O)N(Cc2cccc(OC3CCCC3)c2)C1. The summed E-state index contributed by atoms with van der Waals surface area (Å²) in [5.41, 5.74) is 6.32. The molecule has 1 saturated carbocycles. The van der Waals surface area contributed by atoms with Crippen molar-refractivity contribution in [2.45, 2.75) is 44.8 Å². The van der Waals surface area contributed by atoms with Gasteiger partial charge in [-0.25, -0.2) is 0 Å². The van der Waals surface area contributed by atoms with E-state index in [-0.39, 0.29) is 18.2 Å². The van der Waals surface area contributed by atoms with E-state index in [1.165, 1.54) is 12.8 Å². The third-order valence-electron chi connectivity index (χ3n) is 4.49. The van der Waals surface area contributed by atoms with Crippen LogP contribution in [0.1, 0.15) is 37.7 Å². The average Bonchev–Trinajstić information content (AvgIpc) is 3.10. The molecule has 5 nitrogen and oxygen atoms in total. The number of hydrogen-bond acceptors (Lipinski definition) is 3. The Labute approximate surface area is 130 Å². The minimum Gasteiger partial charge on any atom is -0.490 e. The van der Waals surface area contributed by atoms with Gasteiger partial charge in [0.2, 0.25) is 11.8 Å². The Hall–Kier alpha value is -2.04. The standard InChI is InChI=1S/C17H22N2O3/c18-17(21)13-9-16(20)19(11-13)10-12-4-3-7-15(8-12)22-14-5-1-2-6-14/h3-4,7-8,13-14H,1-2,5-6,9-11H2,(H2,18,21). The summed E-state index contributed by atoms with van der Waals surface area (Å²) in [6.45, 7) is 0.923. The van der Waals surface area contributed by atoms with Crippen molar-refractivity contribution in [3.8, 4) is 5.75 Å². The van der Waals surface area contributed by atoms with E-state index in [0.717, 1.165) is 24.2 Å². The van der Waals surface area contributed by atoms with Crippen molar-refractivity contribution in [1.29, 1.82) is 0 Å². The highest BCUT2D eigenvalue weighted by Crippen LogP contribution is 2.26. The van der Waals surface area contributed by atoms with Crippen LogP contribution in [0.4, 0.5) is 0 Å². The Bertz CT molecular complexity index is 567. The zero-order valence-corrected chi connectivity index (χ0v) is 12.7. The van der Waals surface area contributed by atoms with Gasteiger partial charge in [-0.2, -0.15) is 0 Å². The number of hydrogen-bond donors (Lipinski definition) is 1. The molecule has 0 radical (unpaired) electrons. The normalized spacial score (nSPS) is 22.3. The van der Waals surface area contributed by atoms with E-state index in [9.17, 15) is 9.59 Å². The summed E-state index contributed by atoms with van der Waals surface area (Å²) in [6.07, 6.45) is 5.27. The number of rotatable bonds is 5. The van der Waals surface area contributed by atoms with Crippen molar-refractivity contribution in [1.82, 2.24) is 4.90 Å². The van der Waals surface area contributed by atoms with Crippen LogP contribution in [0, 0.1) is 5.92 Å². The number of carbonyl (C=O) groups excluding carboxylic acids is 2. The van der Waals surface area contributed by atoms with Crippen molar-refractivity contribution in [2.24, 2.45) is 11.7 Å². The molecule has 0 aromatic heterocycles. The maximum atomic E-state index is 11.9. The molecule has 1 aromatic carbocycles. The number of benzene rings is 1. The lowest BCUT2D eigenvalue weighted by Gasteiger charge is -2.18. The van der Waals surface area contributed by atoms with Crippen LogP contribution in [-0.2, 0) is 16.1 Å². The highest BCUT2D eigenvalue weighted by molar-refractivity contribution is 5.88. The van der Waals surface area contributed by atoms with Crippen LogP contribution < -0.4 is 10.5 Å². The first-order valence-corrected chi connectivity index (χ1v) is 7.94. The summed E-state index contributed by atoms with van der Waals surface area (Å²) in [4.78, 5) is 24.9. The fourth-order valence-electron chi connectivity index (χ4n) is 3.25. The molecule has 2 N–H and O–H groups in total. The van der Waals surface area contributed by atoms with Crippen LogP contribution in [0.25, 0.3) is 0 Å². The van der Waals surface area contributed by atoms with Gasteiger partial charge in [-0.15, -0.1) is 0 Å². The van der Waals surface area contributed by atoms with Gasteiger partial charge in [-0.3, -0.25) is 9.59 Å². The van der Waals surface area contributed by atoms with Crippen molar-refractivity contribution in [3.63, 3.8) is 0 Å². The molecular weight excluding hydrogens is 280 g/mol. The smallest absolute Gasteiger partial charge is 0.223 e. The zero-order valence-electron chi connectivity index (χ0n) is 12.7. The summed E-state index contributed by atoms with van der Waals surface area (Å²) in [6, 6.07) is 7.88. The second-order valence-corrected chi connectivity index (χ2v) is 6.25. The van der Waals surface area contributed by atoms with E-state index in [4.69, 9.17) is 10.5 Å². The Morgan fingerprint density at radius 1 is 1.32 bits per heavy atom. The van der Waals surface area contributed by atoms with Crippen LogP contribution in [0.5, 0.6) is 5.75 Å². The molecule has 1 aliphatic heterocycles. The van der Waals surface area contributed by atoms with Gasteiger partial charge in [0, 0.05) is 19.5 Å². The van der Waals surface area contributed by atoms with Crippen LogP contribution in [0.15, 0.2) is 24.3 Å². The average molecular weight is 302 g/mol. The predicted octanol–water partition coefficient (Wildman–Crippen LogP) is 1.84. The lowest BCUT2D eigenvalue weighted by molar-refractivity contribution is -0.128. The van der Waals surface area contributed by atoms with Gasteiger partial charge in [0.1, 0.15) is 5.75 Å². The lowest BCUT2D eigenvalue weighted by Crippen LogP contribution is -2.28. The molecule has 1 unspecified atom stereocenters. The number of nitrogens with zero attached hydrogens (tertiary/aromatic N) is 1. The number of nitrogens with two attached hydrogens (primary N) is 1. The van der Waals surface area contributed by atoms with Crippen molar-refractivity contribution >= 4 is 11.8 Å². The summed E-state index contributed by atoms with van der Waals surface area (Å²) >= 11 is 0. The van der Waals surface area contributed by atoms with Crippen LogP contribution in [0.2, 0.25) is 0 Å². The quantitative estimate of drug-likeness (QED) is 0.902.